The van der Waals surface area contributed by atoms with Gasteiger partial charge in [0.2, 0.25) is 0 Å². The van der Waals surface area contributed by atoms with Gasteiger partial charge in [0.05, 0.1) is 19.3 Å². The molecule has 0 spiro atoms. The molecule has 0 saturated heterocycles. The number of likely N-dealkylation sites (N-methyl/N-ethyl adjacent to an activating group) is 1. The van der Waals surface area contributed by atoms with E-state index >= 15 is 0 Å². The molecule has 7 nitrogen and oxygen atoms in total. The number of carbonyl (C=O) groups excluding carboxylic acids is 2. The van der Waals surface area contributed by atoms with Crippen molar-refractivity contribution in [3.8, 4) is 0 Å². The maximum absolute atomic E-state index is 13.5. The number of aliphatic hydroxyl groups excluding tert-OH is 1. The Morgan fingerprint density at radius 3 is 2.18 bits per heavy atom. The Labute approximate surface area is 225 Å². The number of hydrogen-bond donors (Lipinski definition) is 1. The number of aliphatic hydroxyl groups is 1. The highest BCUT2D eigenvalue weighted by Gasteiger charge is 2.32. The minimum Gasteiger partial charge on any atom is -0.467 e. The molecule has 0 bridgehead atoms. The van der Waals surface area contributed by atoms with E-state index in [2.05, 4.69) is 0 Å². The molecule has 8 heteroatoms. The zero-order chi connectivity index (χ0) is 28.3. The van der Waals surface area contributed by atoms with Crippen molar-refractivity contribution in [2.75, 3.05) is 20.8 Å². The maximum atomic E-state index is 13.5. The Kier molecular flexibility index (Phi) is 12.2. The number of rotatable bonds is 13. The number of nitrogens with zero attached hydrogens (tertiary/aromatic N) is 1. The number of carbonyl (C=O) groups is 2. The highest BCUT2D eigenvalue weighted by Crippen LogP contribution is 2.24. The van der Waals surface area contributed by atoms with Crippen LogP contribution in [0.1, 0.15) is 51.7 Å². The van der Waals surface area contributed by atoms with E-state index in [4.69, 9.17) is 14.2 Å². The fourth-order valence-corrected chi connectivity index (χ4v) is 4.28. The highest BCUT2D eigenvalue weighted by atomic mass is 19.1. The largest absolute Gasteiger partial charge is 0.467 e. The van der Waals surface area contributed by atoms with E-state index in [9.17, 15) is 19.1 Å². The average molecular weight is 532 g/mol. The average Bonchev–Trinajstić information content (AvgIpc) is 2.87. The number of ether oxygens (including phenoxy) is 3. The quantitative estimate of drug-likeness (QED) is 0.359. The van der Waals surface area contributed by atoms with E-state index < -0.39 is 29.8 Å². The van der Waals surface area contributed by atoms with Crippen LogP contribution in [0.5, 0.6) is 0 Å². The Hall–Kier alpha value is -2.97. The van der Waals surface area contributed by atoms with Gasteiger partial charge in [-0.2, -0.15) is 0 Å². The van der Waals surface area contributed by atoms with Crippen molar-refractivity contribution in [3.63, 3.8) is 0 Å². The van der Waals surface area contributed by atoms with E-state index in [1.54, 1.807) is 39.8 Å². The van der Waals surface area contributed by atoms with E-state index in [0.717, 1.165) is 17.5 Å². The number of halogens is 1. The topological polar surface area (TPSA) is 85.3 Å². The van der Waals surface area contributed by atoms with Crippen molar-refractivity contribution in [1.29, 1.82) is 0 Å². The number of aryl methyl sites for hydroxylation is 1. The minimum atomic E-state index is -0.897. The first-order valence-electron chi connectivity index (χ1n) is 13.0. The third-order valence-corrected chi connectivity index (χ3v) is 6.39. The summed E-state index contributed by atoms with van der Waals surface area (Å²) in [7, 11) is 2.77. The summed E-state index contributed by atoms with van der Waals surface area (Å²) in [5.41, 5.74) is 1.32. The van der Waals surface area contributed by atoms with Gasteiger partial charge in [-0.15, -0.1) is 0 Å². The van der Waals surface area contributed by atoms with Crippen LogP contribution in [0.15, 0.2) is 54.6 Å². The Balaban J connectivity index is 2.18. The van der Waals surface area contributed by atoms with Crippen LogP contribution in [0.2, 0.25) is 0 Å². The molecule has 210 valence electrons. The van der Waals surface area contributed by atoms with Crippen LogP contribution in [0, 0.1) is 11.7 Å². The SMILES string of the molecule is COC(=O)[C@H](CCO[C@H](CCc1ccccc1)[C@@H](Cc1ccc(F)cc1)[C@H](C)O)N(C)C(=O)OC(C)(C)C. The normalized spacial score (nSPS) is 14.7. The molecular weight excluding hydrogens is 489 g/mol. The summed E-state index contributed by atoms with van der Waals surface area (Å²) in [5, 5.41) is 10.7. The summed E-state index contributed by atoms with van der Waals surface area (Å²) in [4.78, 5) is 26.3. The van der Waals surface area contributed by atoms with Crippen LogP contribution < -0.4 is 0 Å². The van der Waals surface area contributed by atoms with Crippen LogP contribution in [0.4, 0.5) is 9.18 Å². The lowest BCUT2D eigenvalue weighted by atomic mass is 9.86. The van der Waals surface area contributed by atoms with Crippen LogP contribution in [-0.4, -0.2) is 66.7 Å². The van der Waals surface area contributed by atoms with Gasteiger partial charge < -0.3 is 19.3 Å². The number of hydrogen-bond acceptors (Lipinski definition) is 6. The first-order valence-corrected chi connectivity index (χ1v) is 13.0. The zero-order valence-electron chi connectivity index (χ0n) is 23.4. The first kappa shape index (κ1) is 31.2. The molecule has 0 unspecified atom stereocenters. The molecule has 2 aromatic carbocycles. The van der Waals surface area contributed by atoms with E-state index in [1.165, 1.54) is 31.2 Å². The monoisotopic (exact) mass is 531 g/mol. The minimum absolute atomic E-state index is 0.152. The van der Waals surface area contributed by atoms with Crippen molar-refractivity contribution < 1.29 is 33.3 Å². The van der Waals surface area contributed by atoms with E-state index in [0.29, 0.717) is 12.8 Å². The van der Waals surface area contributed by atoms with Gasteiger partial charge in [0.25, 0.3) is 0 Å². The third-order valence-electron chi connectivity index (χ3n) is 6.39. The molecule has 0 fully saturated rings. The number of methoxy groups -OCH3 is 1. The second-order valence-electron chi connectivity index (χ2n) is 10.6. The fourth-order valence-electron chi connectivity index (χ4n) is 4.28. The lowest BCUT2D eigenvalue weighted by Gasteiger charge is -2.32. The second kappa shape index (κ2) is 14.8. The molecule has 4 atom stereocenters. The van der Waals surface area contributed by atoms with Gasteiger partial charge in [-0.1, -0.05) is 42.5 Å². The van der Waals surface area contributed by atoms with Gasteiger partial charge in [-0.3, -0.25) is 4.90 Å². The molecule has 0 aliphatic heterocycles. The fraction of sp³-hybridized carbons (Fsp3) is 0.533. The molecule has 0 aliphatic rings. The third kappa shape index (κ3) is 10.4. The number of esters is 1. The molecule has 0 saturated carbocycles. The predicted molar refractivity (Wildman–Crippen MR) is 144 cm³/mol. The molecule has 2 rings (SSSR count). The van der Waals surface area contributed by atoms with Crippen molar-refractivity contribution in [3.05, 3.63) is 71.5 Å². The van der Waals surface area contributed by atoms with E-state index in [1.807, 2.05) is 30.3 Å². The summed E-state index contributed by atoms with van der Waals surface area (Å²) in [6, 6.07) is 15.3. The highest BCUT2D eigenvalue weighted by molar-refractivity contribution is 5.81. The van der Waals surface area contributed by atoms with E-state index in [-0.39, 0.29) is 30.9 Å². The Morgan fingerprint density at radius 2 is 1.63 bits per heavy atom. The van der Waals surface area contributed by atoms with Crippen molar-refractivity contribution in [2.24, 2.45) is 5.92 Å². The molecule has 0 aromatic heterocycles. The smallest absolute Gasteiger partial charge is 0.410 e. The summed E-state index contributed by atoms with van der Waals surface area (Å²) >= 11 is 0. The second-order valence-corrected chi connectivity index (χ2v) is 10.6. The van der Waals surface area contributed by atoms with Crippen LogP contribution in [-0.2, 0) is 31.8 Å². The summed E-state index contributed by atoms with van der Waals surface area (Å²) in [5.74, 6) is -1.16. The molecule has 1 amide bonds. The van der Waals surface area contributed by atoms with Crippen molar-refractivity contribution in [2.45, 2.75) is 77.2 Å². The lowest BCUT2D eigenvalue weighted by molar-refractivity contribution is -0.147. The number of amides is 1. The zero-order valence-corrected chi connectivity index (χ0v) is 23.4. The summed E-state index contributed by atoms with van der Waals surface area (Å²) in [6.45, 7) is 7.14. The van der Waals surface area contributed by atoms with Gasteiger partial charge in [-0.05, 0) is 70.2 Å². The van der Waals surface area contributed by atoms with Crippen molar-refractivity contribution in [1.82, 2.24) is 4.90 Å². The number of benzene rings is 2. The molecule has 2 aromatic rings. The predicted octanol–water partition coefficient (Wildman–Crippen LogP) is 5.18. The molecule has 0 aliphatic carbocycles. The molecule has 0 heterocycles. The van der Waals surface area contributed by atoms with Crippen LogP contribution >= 0.6 is 0 Å². The molecular formula is C30H42FNO6. The summed E-state index contributed by atoms with van der Waals surface area (Å²) in [6.07, 6.45) is 0.365. The Morgan fingerprint density at radius 1 is 1.00 bits per heavy atom. The van der Waals surface area contributed by atoms with Gasteiger partial charge in [0.15, 0.2) is 0 Å². The Bertz CT molecular complexity index is 990. The molecule has 0 radical (unpaired) electrons. The van der Waals surface area contributed by atoms with Gasteiger partial charge in [-0.25, -0.2) is 14.0 Å². The summed E-state index contributed by atoms with van der Waals surface area (Å²) < 4.78 is 30.1. The standard InChI is InChI=1S/C30H42FNO6/c1-21(33)25(20-23-12-15-24(31)16-13-23)27(17-14-22-10-8-7-9-11-22)37-19-18-26(28(34)36-6)32(5)29(35)38-30(2,3)4/h7-13,15-16,21,25-27,33H,14,17-20H2,1-6H3/t21-,25-,26-,27+/m0/s1. The van der Waals surface area contributed by atoms with Gasteiger partial charge in [0.1, 0.15) is 17.5 Å². The maximum Gasteiger partial charge on any atom is 0.410 e. The molecule has 38 heavy (non-hydrogen) atoms. The van der Waals surface area contributed by atoms with Crippen LogP contribution in [0.3, 0.4) is 0 Å². The first-order chi connectivity index (χ1) is 17.9. The van der Waals surface area contributed by atoms with Gasteiger partial charge >= 0.3 is 12.1 Å². The van der Waals surface area contributed by atoms with Crippen LogP contribution in [0.25, 0.3) is 0 Å². The van der Waals surface area contributed by atoms with Gasteiger partial charge in [0, 0.05) is 26.0 Å². The van der Waals surface area contributed by atoms with Crippen molar-refractivity contribution >= 4 is 12.1 Å². The lowest BCUT2D eigenvalue weighted by Crippen LogP contribution is -2.46. The molecule has 1 N–H and O–H groups in total.